The monoisotopic (exact) mass is 326 g/mol. The van der Waals surface area contributed by atoms with Crippen molar-refractivity contribution in [1.29, 1.82) is 0 Å². The Balaban J connectivity index is 2.37. The van der Waals surface area contributed by atoms with Crippen molar-refractivity contribution in [3.8, 4) is 5.75 Å². The van der Waals surface area contributed by atoms with Crippen LogP contribution in [0.2, 0.25) is 0 Å². The number of nitrogen functional groups attached to an aromatic ring is 1. The standard InChI is InChI=1S/C12H12BrFN4O/c1-7-6-18(12(15)17-7)16-5-8-3-10(14)9(13)4-11(8)19-2/h3-6H,1-2H3,(H2,15,17). The maximum atomic E-state index is 13.5. The molecule has 0 amide bonds. The van der Waals surface area contributed by atoms with Gasteiger partial charge in [0, 0.05) is 5.56 Å². The number of rotatable bonds is 3. The van der Waals surface area contributed by atoms with Gasteiger partial charge in [-0.2, -0.15) is 5.10 Å². The smallest absolute Gasteiger partial charge is 0.221 e. The number of hydrogen-bond acceptors (Lipinski definition) is 4. The molecule has 0 saturated heterocycles. The lowest BCUT2D eigenvalue weighted by atomic mass is 10.2. The van der Waals surface area contributed by atoms with Crippen molar-refractivity contribution in [3.05, 3.63) is 39.9 Å². The zero-order valence-electron chi connectivity index (χ0n) is 10.4. The summed E-state index contributed by atoms with van der Waals surface area (Å²) in [7, 11) is 1.51. The van der Waals surface area contributed by atoms with E-state index in [0.717, 1.165) is 5.69 Å². The number of benzene rings is 1. The molecule has 2 aromatic rings. The first kappa shape index (κ1) is 13.5. The Kier molecular flexibility index (Phi) is 3.84. The quantitative estimate of drug-likeness (QED) is 0.881. The number of ether oxygens (including phenoxy) is 1. The predicted octanol–water partition coefficient (Wildman–Crippen LogP) is 2.57. The molecule has 0 bridgehead atoms. The van der Waals surface area contributed by atoms with E-state index in [-0.39, 0.29) is 5.95 Å². The molecule has 5 nitrogen and oxygen atoms in total. The van der Waals surface area contributed by atoms with Gasteiger partial charge in [0.1, 0.15) is 11.6 Å². The Morgan fingerprint density at radius 3 is 2.84 bits per heavy atom. The summed E-state index contributed by atoms with van der Waals surface area (Å²) < 4.78 is 20.4. The van der Waals surface area contributed by atoms with Crippen molar-refractivity contribution in [2.24, 2.45) is 5.10 Å². The van der Waals surface area contributed by atoms with Gasteiger partial charge in [0.15, 0.2) is 0 Å². The molecular formula is C12H12BrFN4O. The summed E-state index contributed by atoms with van der Waals surface area (Å²) >= 11 is 3.10. The fourth-order valence-corrected chi connectivity index (χ4v) is 1.86. The average molecular weight is 327 g/mol. The number of nitrogens with two attached hydrogens (primary N) is 1. The highest BCUT2D eigenvalue weighted by Gasteiger charge is 2.07. The van der Waals surface area contributed by atoms with Crippen molar-refractivity contribution in [3.63, 3.8) is 0 Å². The van der Waals surface area contributed by atoms with E-state index in [1.54, 1.807) is 12.3 Å². The minimum absolute atomic E-state index is 0.269. The minimum Gasteiger partial charge on any atom is -0.496 e. The number of imidazole rings is 1. The number of anilines is 1. The fraction of sp³-hybridized carbons (Fsp3) is 0.167. The maximum absolute atomic E-state index is 13.5. The molecule has 0 fully saturated rings. The topological polar surface area (TPSA) is 65.4 Å². The number of aromatic nitrogens is 2. The van der Waals surface area contributed by atoms with Crippen LogP contribution in [0.5, 0.6) is 5.75 Å². The molecule has 2 N–H and O–H groups in total. The first-order valence-corrected chi connectivity index (χ1v) is 6.19. The number of nitrogens with zero attached hydrogens (tertiary/aromatic N) is 3. The average Bonchev–Trinajstić information content (AvgIpc) is 2.68. The van der Waals surface area contributed by atoms with Gasteiger partial charge in [0.05, 0.1) is 29.7 Å². The summed E-state index contributed by atoms with van der Waals surface area (Å²) in [6.45, 7) is 1.81. The molecule has 1 heterocycles. The second-order valence-electron chi connectivity index (χ2n) is 3.84. The van der Waals surface area contributed by atoms with Crippen LogP contribution in [0.25, 0.3) is 0 Å². The lowest BCUT2D eigenvalue weighted by molar-refractivity contribution is 0.412. The van der Waals surface area contributed by atoms with E-state index in [9.17, 15) is 4.39 Å². The lowest BCUT2D eigenvalue weighted by Gasteiger charge is -2.05. The molecule has 0 aliphatic rings. The van der Waals surface area contributed by atoms with E-state index in [1.807, 2.05) is 6.92 Å². The Bertz CT molecular complexity index is 639. The second-order valence-corrected chi connectivity index (χ2v) is 4.69. The molecular weight excluding hydrogens is 315 g/mol. The normalized spacial score (nSPS) is 11.2. The van der Waals surface area contributed by atoms with Gasteiger partial charge in [-0.1, -0.05) is 0 Å². The molecule has 2 rings (SSSR count). The van der Waals surface area contributed by atoms with Crippen LogP contribution >= 0.6 is 15.9 Å². The number of aryl methyl sites for hydroxylation is 1. The first-order chi connectivity index (χ1) is 9.01. The molecule has 1 aromatic carbocycles. The van der Waals surface area contributed by atoms with E-state index in [2.05, 4.69) is 26.0 Å². The molecule has 19 heavy (non-hydrogen) atoms. The van der Waals surface area contributed by atoms with Gasteiger partial charge in [-0.05, 0) is 35.0 Å². The van der Waals surface area contributed by atoms with Crippen LogP contribution in [0.3, 0.4) is 0 Å². The lowest BCUT2D eigenvalue weighted by Crippen LogP contribution is -1.98. The van der Waals surface area contributed by atoms with E-state index in [1.165, 1.54) is 24.1 Å². The van der Waals surface area contributed by atoms with Crippen molar-refractivity contribution < 1.29 is 9.13 Å². The van der Waals surface area contributed by atoms with Crippen LogP contribution < -0.4 is 10.5 Å². The molecule has 100 valence electrons. The molecule has 0 unspecified atom stereocenters. The van der Waals surface area contributed by atoms with Gasteiger partial charge in [0.2, 0.25) is 5.95 Å². The molecule has 7 heteroatoms. The molecule has 0 aliphatic heterocycles. The second kappa shape index (κ2) is 5.40. The predicted molar refractivity (Wildman–Crippen MR) is 75.0 cm³/mol. The highest BCUT2D eigenvalue weighted by atomic mass is 79.9. The minimum atomic E-state index is -0.392. The van der Waals surface area contributed by atoms with E-state index in [0.29, 0.717) is 15.8 Å². The van der Waals surface area contributed by atoms with E-state index >= 15 is 0 Å². The van der Waals surface area contributed by atoms with Gasteiger partial charge in [-0.3, -0.25) is 0 Å². The number of methoxy groups -OCH3 is 1. The van der Waals surface area contributed by atoms with Crippen molar-refractivity contribution in [2.45, 2.75) is 6.92 Å². The fourth-order valence-electron chi connectivity index (χ4n) is 1.54. The van der Waals surface area contributed by atoms with Gasteiger partial charge in [-0.15, -0.1) is 0 Å². The largest absolute Gasteiger partial charge is 0.496 e. The van der Waals surface area contributed by atoms with E-state index in [4.69, 9.17) is 10.5 Å². The van der Waals surface area contributed by atoms with E-state index < -0.39 is 5.82 Å². The van der Waals surface area contributed by atoms with Crippen LogP contribution in [0.1, 0.15) is 11.3 Å². The summed E-state index contributed by atoms with van der Waals surface area (Å²) in [6, 6.07) is 2.87. The zero-order valence-corrected chi connectivity index (χ0v) is 12.0. The molecule has 0 saturated carbocycles. The summed E-state index contributed by atoms with van der Waals surface area (Å²) in [6.07, 6.45) is 3.14. The summed E-state index contributed by atoms with van der Waals surface area (Å²) in [4.78, 5) is 4.01. The van der Waals surface area contributed by atoms with Crippen LogP contribution in [-0.4, -0.2) is 23.0 Å². The summed E-state index contributed by atoms with van der Waals surface area (Å²) in [5, 5.41) is 4.12. The first-order valence-electron chi connectivity index (χ1n) is 5.40. The molecule has 1 aromatic heterocycles. The zero-order chi connectivity index (χ0) is 14.0. The molecule has 0 atom stereocenters. The third-order valence-electron chi connectivity index (χ3n) is 2.43. The Labute approximate surface area is 118 Å². The van der Waals surface area contributed by atoms with Crippen LogP contribution in [0.4, 0.5) is 10.3 Å². The van der Waals surface area contributed by atoms with Gasteiger partial charge in [-0.25, -0.2) is 14.1 Å². The third kappa shape index (κ3) is 2.93. The van der Waals surface area contributed by atoms with Crippen LogP contribution in [-0.2, 0) is 0 Å². The molecule has 0 radical (unpaired) electrons. The third-order valence-corrected chi connectivity index (χ3v) is 3.04. The summed E-state index contributed by atoms with van der Waals surface area (Å²) in [5.74, 6) is 0.384. The highest BCUT2D eigenvalue weighted by molar-refractivity contribution is 9.10. The highest BCUT2D eigenvalue weighted by Crippen LogP contribution is 2.25. The Morgan fingerprint density at radius 2 is 2.26 bits per heavy atom. The van der Waals surface area contributed by atoms with Crippen molar-refractivity contribution in [2.75, 3.05) is 12.8 Å². The Morgan fingerprint density at radius 1 is 1.53 bits per heavy atom. The summed E-state index contributed by atoms with van der Waals surface area (Å²) in [5.41, 5.74) is 6.92. The Hall–Kier alpha value is -1.89. The van der Waals surface area contributed by atoms with Crippen molar-refractivity contribution in [1.82, 2.24) is 9.66 Å². The van der Waals surface area contributed by atoms with Crippen LogP contribution in [0.15, 0.2) is 27.9 Å². The molecule has 0 aliphatic carbocycles. The number of hydrogen-bond donors (Lipinski definition) is 1. The SMILES string of the molecule is COc1cc(Br)c(F)cc1C=Nn1cc(C)nc1N. The maximum Gasteiger partial charge on any atom is 0.221 e. The molecule has 0 spiro atoms. The number of halogens is 2. The van der Waals surface area contributed by atoms with Gasteiger partial charge >= 0.3 is 0 Å². The van der Waals surface area contributed by atoms with Crippen molar-refractivity contribution >= 4 is 28.1 Å². The van der Waals surface area contributed by atoms with Gasteiger partial charge < -0.3 is 10.5 Å². The van der Waals surface area contributed by atoms with Crippen LogP contribution in [0, 0.1) is 12.7 Å². The van der Waals surface area contributed by atoms with Gasteiger partial charge in [0.25, 0.3) is 0 Å².